The van der Waals surface area contributed by atoms with E-state index in [1.54, 1.807) is 23.7 Å². The minimum absolute atomic E-state index is 0.0225. The van der Waals surface area contributed by atoms with Crippen molar-refractivity contribution in [2.45, 2.75) is 6.92 Å². The number of aromatic nitrogens is 4. The Balaban J connectivity index is 2.03. The van der Waals surface area contributed by atoms with Crippen LogP contribution in [0.25, 0.3) is 5.69 Å². The van der Waals surface area contributed by atoms with Crippen molar-refractivity contribution in [1.82, 2.24) is 20.2 Å². The van der Waals surface area contributed by atoms with Crippen LogP contribution in [-0.4, -0.2) is 45.9 Å². The number of hydrogen-bond donors (Lipinski definition) is 2. The number of ether oxygens (including phenoxy) is 1. The predicted octanol–water partition coefficient (Wildman–Crippen LogP) is -0.115. The molecule has 2 aromatic rings. The Morgan fingerprint density at radius 3 is 3.05 bits per heavy atom. The van der Waals surface area contributed by atoms with E-state index in [-0.39, 0.29) is 12.5 Å². The normalized spacial score (nSPS) is 10.5. The van der Waals surface area contributed by atoms with Gasteiger partial charge in [0.1, 0.15) is 6.61 Å². The van der Waals surface area contributed by atoms with Crippen LogP contribution in [0, 0.1) is 6.92 Å². The van der Waals surface area contributed by atoms with E-state index in [0.29, 0.717) is 24.7 Å². The molecule has 8 heteroatoms. The van der Waals surface area contributed by atoms with Gasteiger partial charge in [-0.15, -0.1) is 5.10 Å². The molecule has 0 spiro atoms. The molecule has 0 aliphatic rings. The molecule has 0 radical (unpaired) electrons. The number of rotatable bonds is 6. The van der Waals surface area contributed by atoms with Crippen molar-refractivity contribution in [3.05, 3.63) is 30.1 Å². The van der Waals surface area contributed by atoms with Gasteiger partial charge in [0.25, 0.3) is 0 Å². The molecular weight excluding hydrogens is 260 g/mol. The fourth-order valence-electron chi connectivity index (χ4n) is 1.63. The van der Waals surface area contributed by atoms with Gasteiger partial charge in [-0.05, 0) is 35.5 Å². The Kier molecular flexibility index (Phi) is 4.75. The second-order valence-corrected chi connectivity index (χ2v) is 4.08. The summed E-state index contributed by atoms with van der Waals surface area (Å²) in [6.07, 6.45) is 0. The number of hydrogen-bond acceptors (Lipinski definition) is 6. The fraction of sp³-hybridized carbons (Fsp3) is 0.333. The molecule has 0 saturated heterocycles. The number of aryl methyl sites for hydroxylation is 1. The summed E-state index contributed by atoms with van der Waals surface area (Å²) in [5.41, 5.74) is 6.70. The summed E-state index contributed by atoms with van der Waals surface area (Å²) in [5.74, 6) is 0.434. The molecule has 1 amide bonds. The molecule has 0 bridgehead atoms. The average Bonchev–Trinajstić information content (AvgIpc) is 2.85. The van der Waals surface area contributed by atoms with Gasteiger partial charge in [-0.2, -0.15) is 4.68 Å². The first-order valence-corrected chi connectivity index (χ1v) is 6.14. The van der Waals surface area contributed by atoms with Gasteiger partial charge < -0.3 is 15.8 Å². The van der Waals surface area contributed by atoms with Gasteiger partial charge in [0.05, 0.1) is 12.3 Å². The lowest BCUT2D eigenvalue weighted by atomic mass is 10.2. The zero-order valence-corrected chi connectivity index (χ0v) is 11.1. The van der Waals surface area contributed by atoms with Crippen molar-refractivity contribution in [3.8, 4) is 5.69 Å². The SMILES string of the molecule is Cc1nnnn1-c1cccc(NC(=O)COCCN)c1. The number of carbonyl (C=O) groups is 1. The lowest BCUT2D eigenvalue weighted by molar-refractivity contribution is -0.120. The van der Waals surface area contributed by atoms with Crippen molar-refractivity contribution >= 4 is 11.6 Å². The molecule has 20 heavy (non-hydrogen) atoms. The van der Waals surface area contributed by atoms with Crippen LogP contribution < -0.4 is 11.1 Å². The van der Waals surface area contributed by atoms with Crippen LogP contribution in [0.4, 0.5) is 5.69 Å². The van der Waals surface area contributed by atoms with Crippen molar-refractivity contribution in [3.63, 3.8) is 0 Å². The van der Waals surface area contributed by atoms with Crippen molar-refractivity contribution in [1.29, 1.82) is 0 Å². The highest BCUT2D eigenvalue weighted by Gasteiger charge is 2.06. The molecule has 106 valence electrons. The first-order valence-electron chi connectivity index (χ1n) is 6.14. The summed E-state index contributed by atoms with van der Waals surface area (Å²) in [5, 5.41) is 14.0. The first kappa shape index (κ1) is 14.1. The second-order valence-electron chi connectivity index (χ2n) is 4.08. The average molecular weight is 276 g/mol. The van der Waals surface area contributed by atoms with E-state index in [2.05, 4.69) is 20.8 Å². The van der Waals surface area contributed by atoms with E-state index in [4.69, 9.17) is 10.5 Å². The molecule has 0 aliphatic carbocycles. The number of amides is 1. The number of nitrogens with two attached hydrogens (primary N) is 1. The zero-order chi connectivity index (χ0) is 14.4. The molecule has 0 atom stereocenters. The quantitative estimate of drug-likeness (QED) is 0.712. The summed E-state index contributed by atoms with van der Waals surface area (Å²) < 4.78 is 6.65. The summed E-state index contributed by atoms with van der Waals surface area (Å²) >= 11 is 0. The number of nitrogens with one attached hydrogen (secondary N) is 1. The lowest BCUT2D eigenvalue weighted by Gasteiger charge is -2.08. The van der Waals surface area contributed by atoms with Crippen molar-refractivity contribution in [2.24, 2.45) is 5.73 Å². The van der Waals surface area contributed by atoms with Crippen molar-refractivity contribution < 1.29 is 9.53 Å². The second kappa shape index (κ2) is 6.73. The van der Waals surface area contributed by atoms with Gasteiger partial charge in [0, 0.05) is 12.2 Å². The van der Waals surface area contributed by atoms with E-state index in [9.17, 15) is 4.79 Å². The number of carbonyl (C=O) groups excluding carboxylic acids is 1. The maximum Gasteiger partial charge on any atom is 0.250 e. The number of anilines is 1. The summed E-state index contributed by atoms with van der Waals surface area (Å²) in [6, 6.07) is 7.23. The van der Waals surface area contributed by atoms with Crippen LogP contribution in [0.1, 0.15) is 5.82 Å². The van der Waals surface area contributed by atoms with Crippen LogP contribution in [0.3, 0.4) is 0 Å². The van der Waals surface area contributed by atoms with E-state index < -0.39 is 0 Å². The Labute approximate surface area is 115 Å². The van der Waals surface area contributed by atoms with Gasteiger partial charge in [-0.3, -0.25) is 4.79 Å². The lowest BCUT2D eigenvalue weighted by Crippen LogP contribution is -2.20. The number of tetrazole rings is 1. The Morgan fingerprint density at radius 2 is 2.35 bits per heavy atom. The Hall–Kier alpha value is -2.32. The largest absolute Gasteiger partial charge is 0.370 e. The summed E-state index contributed by atoms with van der Waals surface area (Å²) in [7, 11) is 0. The Morgan fingerprint density at radius 1 is 1.50 bits per heavy atom. The van der Waals surface area contributed by atoms with Gasteiger partial charge in [-0.1, -0.05) is 6.07 Å². The molecule has 1 aromatic heterocycles. The minimum Gasteiger partial charge on any atom is -0.370 e. The number of benzene rings is 1. The highest BCUT2D eigenvalue weighted by Crippen LogP contribution is 2.14. The standard InChI is InChI=1S/C12H16N6O2/c1-9-15-16-17-18(9)11-4-2-3-10(7-11)14-12(19)8-20-6-5-13/h2-4,7H,5-6,8,13H2,1H3,(H,14,19). The predicted molar refractivity (Wildman–Crippen MR) is 72.4 cm³/mol. The molecule has 2 rings (SSSR count). The van der Waals surface area contributed by atoms with E-state index in [0.717, 1.165) is 5.69 Å². The maximum atomic E-state index is 11.6. The monoisotopic (exact) mass is 276 g/mol. The van der Waals surface area contributed by atoms with E-state index >= 15 is 0 Å². The molecule has 0 saturated carbocycles. The fourth-order valence-corrected chi connectivity index (χ4v) is 1.63. The summed E-state index contributed by atoms with van der Waals surface area (Å²) in [4.78, 5) is 11.6. The van der Waals surface area contributed by atoms with Crippen LogP contribution >= 0.6 is 0 Å². The summed E-state index contributed by atoms with van der Waals surface area (Å²) in [6.45, 7) is 2.52. The van der Waals surface area contributed by atoms with Gasteiger partial charge in [0.15, 0.2) is 5.82 Å². The number of nitrogens with zero attached hydrogens (tertiary/aromatic N) is 4. The van der Waals surface area contributed by atoms with Gasteiger partial charge >= 0.3 is 0 Å². The highest BCUT2D eigenvalue weighted by molar-refractivity contribution is 5.91. The third kappa shape index (κ3) is 3.59. The van der Waals surface area contributed by atoms with Gasteiger partial charge in [0.2, 0.25) is 5.91 Å². The zero-order valence-electron chi connectivity index (χ0n) is 11.1. The molecule has 3 N–H and O–H groups in total. The first-order chi connectivity index (χ1) is 9.70. The third-order valence-corrected chi connectivity index (χ3v) is 2.50. The van der Waals surface area contributed by atoms with Crippen LogP contribution in [-0.2, 0) is 9.53 Å². The molecule has 0 fully saturated rings. The van der Waals surface area contributed by atoms with Gasteiger partial charge in [-0.25, -0.2) is 0 Å². The van der Waals surface area contributed by atoms with Crippen molar-refractivity contribution in [2.75, 3.05) is 25.1 Å². The maximum absolute atomic E-state index is 11.6. The smallest absolute Gasteiger partial charge is 0.250 e. The highest BCUT2D eigenvalue weighted by atomic mass is 16.5. The van der Waals surface area contributed by atoms with E-state index in [1.165, 1.54) is 0 Å². The minimum atomic E-state index is -0.232. The third-order valence-electron chi connectivity index (χ3n) is 2.50. The molecular formula is C12H16N6O2. The Bertz CT molecular complexity index is 583. The van der Waals surface area contributed by atoms with Crippen LogP contribution in [0.15, 0.2) is 24.3 Å². The van der Waals surface area contributed by atoms with E-state index in [1.807, 2.05) is 12.1 Å². The molecule has 8 nitrogen and oxygen atoms in total. The molecule has 0 unspecified atom stereocenters. The molecule has 0 aliphatic heterocycles. The van der Waals surface area contributed by atoms with Crippen LogP contribution in [0.2, 0.25) is 0 Å². The van der Waals surface area contributed by atoms with Crippen LogP contribution in [0.5, 0.6) is 0 Å². The topological polar surface area (TPSA) is 108 Å². The molecule has 1 aromatic carbocycles. The molecule has 1 heterocycles.